The van der Waals surface area contributed by atoms with Crippen LogP contribution in [0, 0.1) is 5.92 Å². The van der Waals surface area contributed by atoms with Crippen LogP contribution in [0.25, 0.3) is 11.6 Å². The molecule has 0 unspecified atom stereocenters. The van der Waals surface area contributed by atoms with Gasteiger partial charge in [-0.2, -0.15) is 14.8 Å². The van der Waals surface area contributed by atoms with Crippen molar-refractivity contribution in [2.24, 2.45) is 5.92 Å². The van der Waals surface area contributed by atoms with E-state index in [0.29, 0.717) is 18.2 Å². The minimum Gasteiger partial charge on any atom is -0.337 e. The Morgan fingerprint density at radius 1 is 1.14 bits per heavy atom. The average Bonchev–Trinajstić information content (AvgIpc) is 3.32. The zero-order valence-corrected chi connectivity index (χ0v) is 17.1. The van der Waals surface area contributed by atoms with E-state index >= 15 is 0 Å². The molecule has 0 aliphatic rings. The smallest absolute Gasteiger partial charge is 0.245 e. The molecule has 1 atom stereocenters. The molecule has 28 heavy (non-hydrogen) atoms. The van der Waals surface area contributed by atoms with Gasteiger partial charge in [0.05, 0.1) is 4.90 Å². The molecule has 2 N–H and O–H groups in total. The summed E-state index contributed by atoms with van der Waals surface area (Å²) < 4.78 is 33.8. The third-order valence-corrected chi connectivity index (χ3v) is 5.72. The van der Waals surface area contributed by atoms with Crippen LogP contribution < -0.4 is 4.72 Å². The van der Waals surface area contributed by atoms with Crippen molar-refractivity contribution in [3.63, 3.8) is 0 Å². The summed E-state index contributed by atoms with van der Waals surface area (Å²) >= 11 is 0. The lowest BCUT2D eigenvalue weighted by atomic mass is 10.0. The molecule has 0 aliphatic carbocycles. The lowest BCUT2D eigenvalue weighted by Crippen LogP contribution is -2.30. The fraction of sp³-hybridized carbons (Fsp3) is 0.444. The number of aromatic nitrogens is 5. The zero-order valence-electron chi connectivity index (χ0n) is 16.2. The van der Waals surface area contributed by atoms with Crippen molar-refractivity contribution in [2.45, 2.75) is 51.0 Å². The second-order valence-corrected chi connectivity index (χ2v) is 9.03. The summed E-state index contributed by atoms with van der Waals surface area (Å²) in [6, 6.07) is 6.21. The van der Waals surface area contributed by atoms with E-state index in [-0.39, 0.29) is 22.5 Å². The van der Waals surface area contributed by atoms with Crippen LogP contribution in [0.5, 0.6) is 0 Å². The van der Waals surface area contributed by atoms with Gasteiger partial charge in [-0.25, -0.2) is 13.4 Å². The number of nitrogens with one attached hydrogen (secondary N) is 2. The van der Waals surface area contributed by atoms with Crippen LogP contribution in [0.15, 0.2) is 40.0 Å². The molecule has 10 heteroatoms. The van der Waals surface area contributed by atoms with Crippen molar-refractivity contribution in [2.75, 3.05) is 0 Å². The summed E-state index contributed by atoms with van der Waals surface area (Å²) in [5, 5.41) is 10.3. The van der Waals surface area contributed by atoms with Crippen LogP contribution in [0.4, 0.5) is 0 Å². The SMILES string of the molecule is CC(C)C[C@@H](NS(=O)(=O)c1ccc(C(C)C)cc1)c1nc(-c2ncn[nH]2)no1. The van der Waals surface area contributed by atoms with Gasteiger partial charge in [0, 0.05) is 0 Å². The normalized spacial score (nSPS) is 13.4. The highest BCUT2D eigenvalue weighted by Crippen LogP contribution is 2.25. The maximum atomic E-state index is 12.9. The topological polar surface area (TPSA) is 127 Å². The lowest BCUT2D eigenvalue weighted by Gasteiger charge is -2.17. The van der Waals surface area contributed by atoms with Gasteiger partial charge in [0.25, 0.3) is 0 Å². The maximum Gasteiger partial charge on any atom is 0.245 e. The Bertz CT molecular complexity index is 994. The van der Waals surface area contributed by atoms with Gasteiger partial charge in [-0.3, -0.25) is 5.10 Å². The Balaban J connectivity index is 1.85. The molecular formula is C18H24N6O3S. The molecule has 2 aromatic heterocycles. The highest BCUT2D eigenvalue weighted by molar-refractivity contribution is 7.89. The Morgan fingerprint density at radius 2 is 1.86 bits per heavy atom. The standard InChI is InChI=1S/C18H24N6O3S/c1-11(2)9-15(18-21-17(23-27-18)16-19-10-20-22-16)24-28(25,26)14-7-5-13(6-8-14)12(3)4/h5-8,10-12,15,24H,9H2,1-4H3,(H,19,20,22)/t15-/m1/s1. The van der Waals surface area contributed by atoms with Gasteiger partial charge in [-0.1, -0.05) is 45.0 Å². The molecule has 0 fully saturated rings. The van der Waals surface area contributed by atoms with Gasteiger partial charge in [-0.15, -0.1) is 0 Å². The van der Waals surface area contributed by atoms with Crippen molar-refractivity contribution in [1.29, 1.82) is 0 Å². The number of nitrogens with zero attached hydrogens (tertiary/aromatic N) is 4. The van der Waals surface area contributed by atoms with E-state index in [1.807, 2.05) is 26.0 Å². The Morgan fingerprint density at radius 3 is 2.43 bits per heavy atom. The highest BCUT2D eigenvalue weighted by Gasteiger charge is 2.27. The number of rotatable bonds is 8. The van der Waals surface area contributed by atoms with Crippen LogP contribution in [0.1, 0.15) is 57.5 Å². The van der Waals surface area contributed by atoms with E-state index in [9.17, 15) is 8.42 Å². The number of hydrogen-bond donors (Lipinski definition) is 2. The fourth-order valence-electron chi connectivity index (χ4n) is 2.74. The molecule has 1 aromatic carbocycles. The summed E-state index contributed by atoms with van der Waals surface area (Å²) in [7, 11) is -3.75. The number of hydrogen-bond acceptors (Lipinski definition) is 7. The second-order valence-electron chi connectivity index (χ2n) is 7.32. The highest BCUT2D eigenvalue weighted by atomic mass is 32.2. The first-order valence-corrected chi connectivity index (χ1v) is 10.6. The van der Waals surface area contributed by atoms with Crippen molar-refractivity contribution in [3.8, 4) is 11.6 Å². The van der Waals surface area contributed by atoms with Gasteiger partial charge in [0.2, 0.25) is 21.7 Å². The monoisotopic (exact) mass is 404 g/mol. The van der Waals surface area contributed by atoms with E-state index in [2.05, 4.69) is 43.9 Å². The first-order valence-electron chi connectivity index (χ1n) is 9.08. The Kier molecular flexibility index (Phi) is 5.90. The zero-order chi connectivity index (χ0) is 20.3. The predicted octanol–water partition coefficient (Wildman–Crippen LogP) is 3.04. The molecule has 2 heterocycles. The largest absolute Gasteiger partial charge is 0.337 e. The van der Waals surface area contributed by atoms with Crippen molar-refractivity contribution in [3.05, 3.63) is 42.0 Å². The van der Waals surface area contributed by atoms with Crippen LogP contribution in [-0.4, -0.2) is 33.7 Å². The van der Waals surface area contributed by atoms with E-state index in [1.54, 1.807) is 12.1 Å². The summed E-state index contributed by atoms with van der Waals surface area (Å²) in [6.45, 7) is 8.10. The first kappa shape index (κ1) is 20.2. The minimum atomic E-state index is -3.75. The van der Waals surface area contributed by atoms with Gasteiger partial charge in [0.15, 0.2) is 5.82 Å². The van der Waals surface area contributed by atoms with E-state index in [4.69, 9.17) is 4.52 Å². The first-order chi connectivity index (χ1) is 13.3. The second kappa shape index (κ2) is 8.19. The van der Waals surface area contributed by atoms with Gasteiger partial charge < -0.3 is 4.52 Å². The maximum absolute atomic E-state index is 12.9. The number of benzene rings is 1. The third-order valence-electron chi connectivity index (χ3n) is 4.23. The summed E-state index contributed by atoms with van der Waals surface area (Å²) in [5.74, 6) is 1.29. The molecule has 0 spiro atoms. The summed E-state index contributed by atoms with van der Waals surface area (Å²) in [4.78, 5) is 8.45. The molecular weight excluding hydrogens is 380 g/mol. The fourth-order valence-corrected chi connectivity index (χ4v) is 3.95. The van der Waals surface area contributed by atoms with Crippen LogP contribution >= 0.6 is 0 Å². The molecule has 0 radical (unpaired) electrons. The van der Waals surface area contributed by atoms with Crippen LogP contribution in [0.3, 0.4) is 0 Å². The lowest BCUT2D eigenvalue weighted by molar-refractivity contribution is 0.323. The Labute approximate surface area is 164 Å². The molecule has 3 rings (SSSR count). The number of H-pyrrole nitrogens is 1. The summed E-state index contributed by atoms with van der Waals surface area (Å²) in [6.07, 6.45) is 1.84. The molecule has 0 saturated carbocycles. The van der Waals surface area contributed by atoms with Crippen LogP contribution in [-0.2, 0) is 10.0 Å². The molecule has 0 aliphatic heterocycles. The van der Waals surface area contributed by atoms with Gasteiger partial charge in [0.1, 0.15) is 12.4 Å². The van der Waals surface area contributed by atoms with Gasteiger partial charge in [-0.05, 0) is 36.0 Å². The quantitative estimate of drug-likeness (QED) is 0.591. The predicted molar refractivity (Wildman–Crippen MR) is 103 cm³/mol. The van der Waals surface area contributed by atoms with Crippen molar-refractivity contribution in [1.82, 2.24) is 30.0 Å². The van der Waals surface area contributed by atoms with E-state index in [1.165, 1.54) is 6.33 Å². The molecule has 3 aromatic rings. The molecule has 9 nitrogen and oxygen atoms in total. The number of sulfonamides is 1. The van der Waals surface area contributed by atoms with Crippen molar-refractivity contribution >= 4 is 10.0 Å². The third kappa shape index (κ3) is 4.63. The van der Waals surface area contributed by atoms with E-state index in [0.717, 1.165) is 5.56 Å². The Hall–Kier alpha value is -2.59. The minimum absolute atomic E-state index is 0.183. The van der Waals surface area contributed by atoms with Crippen LogP contribution in [0.2, 0.25) is 0 Å². The van der Waals surface area contributed by atoms with Gasteiger partial charge >= 0.3 is 0 Å². The molecule has 150 valence electrons. The average molecular weight is 404 g/mol. The molecule has 0 amide bonds. The van der Waals surface area contributed by atoms with E-state index < -0.39 is 16.1 Å². The number of aromatic amines is 1. The summed E-state index contributed by atoms with van der Waals surface area (Å²) in [5.41, 5.74) is 1.08. The molecule has 0 saturated heterocycles. The molecule has 0 bridgehead atoms. The van der Waals surface area contributed by atoms with Crippen molar-refractivity contribution < 1.29 is 12.9 Å².